The van der Waals surface area contributed by atoms with E-state index in [9.17, 15) is 4.39 Å². The summed E-state index contributed by atoms with van der Waals surface area (Å²) < 4.78 is 14.8. The van der Waals surface area contributed by atoms with Crippen LogP contribution in [0.15, 0.2) is 66.7 Å². The summed E-state index contributed by atoms with van der Waals surface area (Å²) in [6.45, 7) is 4.40. The summed E-state index contributed by atoms with van der Waals surface area (Å²) in [5.74, 6) is -0.163. The van der Waals surface area contributed by atoms with Gasteiger partial charge in [0.05, 0.1) is 0 Å². The molecule has 140 valence electrons. The van der Waals surface area contributed by atoms with Crippen LogP contribution in [0, 0.1) is 5.82 Å². The van der Waals surface area contributed by atoms with Gasteiger partial charge < -0.3 is 0 Å². The standard InChI is InChI=1S/C26H29F/c1-3-5-7-20-9-13-22(14-10-20)24-17-18-25(26(27)19-24)23-15-11-21(12-16-23)8-6-4-2/h9-19H,3-8H2,1-2H3. The van der Waals surface area contributed by atoms with Gasteiger partial charge >= 0.3 is 0 Å². The fraction of sp³-hybridized carbons (Fsp3) is 0.308. The Morgan fingerprint density at radius 3 is 1.56 bits per heavy atom. The zero-order chi connectivity index (χ0) is 19.1. The molecule has 0 unspecified atom stereocenters. The van der Waals surface area contributed by atoms with Gasteiger partial charge in [0, 0.05) is 5.56 Å². The van der Waals surface area contributed by atoms with E-state index >= 15 is 0 Å². The molecule has 0 nitrogen and oxygen atoms in total. The Bertz CT molecular complexity index is 844. The highest BCUT2D eigenvalue weighted by molar-refractivity contribution is 5.71. The van der Waals surface area contributed by atoms with Gasteiger partial charge in [-0.05, 0) is 59.6 Å². The third kappa shape index (κ3) is 5.07. The van der Waals surface area contributed by atoms with Gasteiger partial charge in [-0.15, -0.1) is 0 Å². The second-order valence-corrected chi connectivity index (χ2v) is 7.30. The molecule has 0 aromatic heterocycles. The number of rotatable bonds is 8. The van der Waals surface area contributed by atoms with Crippen LogP contribution < -0.4 is 0 Å². The molecule has 3 aromatic carbocycles. The van der Waals surface area contributed by atoms with Crippen LogP contribution in [-0.2, 0) is 12.8 Å². The summed E-state index contributed by atoms with van der Waals surface area (Å²) >= 11 is 0. The van der Waals surface area contributed by atoms with Crippen molar-refractivity contribution >= 4 is 0 Å². The maximum atomic E-state index is 14.8. The molecule has 0 N–H and O–H groups in total. The SMILES string of the molecule is CCCCc1ccc(-c2ccc(-c3ccc(CCCC)cc3)c(F)c2)cc1. The molecule has 3 rings (SSSR count). The van der Waals surface area contributed by atoms with E-state index in [1.807, 2.05) is 24.3 Å². The molecular weight excluding hydrogens is 331 g/mol. The molecule has 0 aliphatic rings. The van der Waals surface area contributed by atoms with Crippen LogP contribution in [0.1, 0.15) is 50.7 Å². The second-order valence-electron chi connectivity index (χ2n) is 7.30. The predicted octanol–water partition coefficient (Wildman–Crippen LogP) is 7.84. The van der Waals surface area contributed by atoms with E-state index in [-0.39, 0.29) is 5.82 Å². The maximum absolute atomic E-state index is 14.8. The van der Waals surface area contributed by atoms with Gasteiger partial charge in [-0.25, -0.2) is 4.39 Å². The zero-order valence-electron chi connectivity index (χ0n) is 16.5. The quantitative estimate of drug-likeness (QED) is 0.384. The van der Waals surface area contributed by atoms with Crippen molar-refractivity contribution < 1.29 is 4.39 Å². The highest BCUT2D eigenvalue weighted by atomic mass is 19.1. The van der Waals surface area contributed by atoms with Crippen molar-refractivity contribution in [2.75, 3.05) is 0 Å². The topological polar surface area (TPSA) is 0 Å². The van der Waals surface area contributed by atoms with E-state index in [0.717, 1.165) is 29.5 Å². The van der Waals surface area contributed by atoms with Crippen molar-refractivity contribution in [3.05, 3.63) is 83.7 Å². The first-order valence-corrected chi connectivity index (χ1v) is 10.2. The minimum atomic E-state index is -0.163. The number of halogens is 1. The average molecular weight is 361 g/mol. The molecule has 0 heterocycles. The molecule has 0 aliphatic carbocycles. The lowest BCUT2D eigenvalue weighted by molar-refractivity contribution is 0.632. The number of benzene rings is 3. The van der Waals surface area contributed by atoms with Crippen molar-refractivity contribution in [2.24, 2.45) is 0 Å². The van der Waals surface area contributed by atoms with Crippen LogP contribution in [0.4, 0.5) is 4.39 Å². The Kier molecular flexibility index (Phi) is 6.81. The number of aryl methyl sites for hydroxylation is 2. The molecule has 0 saturated heterocycles. The third-order valence-corrected chi connectivity index (χ3v) is 5.16. The monoisotopic (exact) mass is 360 g/mol. The van der Waals surface area contributed by atoms with E-state index in [4.69, 9.17) is 0 Å². The summed E-state index contributed by atoms with van der Waals surface area (Å²) in [7, 11) is 0. The van der Waals surface area contributed by atoms with Gasteiger partial charge in [0.15, 0.2) is 0 Å². The Labute approximate surface area is 163 Å². The predicted molar refractivity (Wildman–Crippen MR) is 114 cm³/mol. The fourth-order valence-corrected chi connectivity index (χ4v) is 3.41. The van der Waals surface area contributed by atoms with Crippen molar-refractivity contribution in [1.82, 2.24) is 0 Å². The van der Waals surface area contributed by atoms with Gasteiger partial charge in [0.1, 0.15) is 5.82 Å². The number of hydrogen-bond donors (Lipinski definition) is 0. The number of hydrogen-bond acceptors (Lipinski definition) is 0. The Morgan fingerprint density at radius 2 is 1.07 bits per heavy atom. The summed E-state index contributed by atoms with van der Waals surface area (Å²) in [5, 5.41) is 0. The van der Waals surface area contributed by atoms with E-state index in [2.05, 4.69) is 50.2 Å². The first-order valence-electron chi connectivity index (χ1n) is 10.2. The van der Waals surface area contributed by atoms with Gasteiger partial charge in [-0.3, -0.25) is 0 Å². The third-order valence-electron chi connectivity index (χ3n) is 5.16. The van der Waals surface area contributed by atoms with E-state index < -0.39 is 0 Å². The van der Waals surface area contributed by atoms with Crippen LogP contribution in [-0.4, -0.2) is 0 Å². The van der Waals surface area contributed by atoms with Crippen molar-refractivity contribution in [2.45, 2.75) is 52.4 Å². The first-order chi connectivity index (χ1) is 13.2. The second kappa shape index (κ2) is 9.50. The molecule has 0 spiro atoms. The van der Waals surface area contributed by atoms with E-state index in [1.165, 1.54) is 36.8 Å². The fourth-order valence-electron chi connectivity index (χ4n) is 3.41. The highest BCUT2D eigenvalue weighted by Gasteiger charge is 2.08. The molecule has 0 amide bonds. The Balaban J connectivity index is 1.77. The smallest absolute Gasteiger partial charge is 0.131 e. The minimum Gasteiger partial charge on any atom is -0.206 e. The highest BCUT2D eigenvalue weighted by Crippen LogP contribution is 2.28. The first kappa shape index (κ1) is 19.4. The summed E-state index contributed by atoms with van der Waals surface area (Å²) in [6.07, 6.45) is 7.00. The van der Waals surface area contributed by atoms with Crippen LogP contribution in [0.5, 0.6) is 0 Å². The molecule has 0 bridgehead atoms. The van der Waals surface area contributed by atoms with Crippen molar-refractivity contribution in [1.29, 1.82) is 0 Å². The summed E-state index contributed by atoms with van der Waals surface area (Å²) in [4.78, 5) is 0. The zero-order valence-corrected chi connectivity index (χ0v) is 16.5. The summed E-state index contributed by atoms with van der Waals surface area (Å²) in [5.41, 5.74) is 6.27. The Morgan fingerprint density at radius 1 is 0.593 bits per heavy atom. The summed E-state index contributed by atoms with van der Waals surface area (Å²) in [6, 6.07) is 22.4. The Hall–Kier alpha value is -2.41. The molecule has 0 fully saturated rings. The van der Waals surface area contributed by atoms with Crippen molar-refractivity contribution in [3.63, 3.8) is 0 Å². The van der Waals surface area contributed by atoms with Crippen LogP contribution >= 0.6 is 0 Å². The minimum absolute atomic E-state index is 0.163. The van der Waals surface area contributed by atoms with Gasteiger partial charge in [-0.1, -0.05) is 87.4 Å². The van der Waals surface area contributed by atoms with Gasteiger partial charge in [-0.2, -0.15) is 0 Å². The lowest BCUT2D eigenvalue weighted by atomic mass is 9.97. The largest absolute Gasteiger partial charge is 0.206 e. The molecule has 0 saturated carbocycles. The maximum Gasteiger partial charge on any atom is 0.131 e. The molecule has 27 heavy (non-hydrogen) atoms. The average Bonchev–Trinajstić information content (AvgIpc) is 2.71. The molecule has 0 radical (unpaired) electrons. The van der Waals surface area contributed by atoms with Gasteiger partial charge in [0.2, 0.25) is 0 Å². The lowest BCUT2D eigenvalue weighted by Gasteiger charge is -2.09. The van der Waals surface area contributed by atoms with Crippen LogP contribution in [0.3, 0.4) is 0 Å². The van der Waals surface area contributed by atoms with E-state index in [1.54, 1.807) is 6.07 Å². The molecule has 3 aromatic rings. The van der Waals surface area contributed by atoms with E-state index in [0.29, 0.717) is 5.56 Å². The van der Waals surface area contributed by atoms with Crippen molar-refractivity contribution in [3.8, 4) is 22.3 Å². The molecule has 0 atom stereocenters. The molecule has 0 aliphatic heterocycles. The van der Waals surface area contributed by atoms with Gasteiger partial charge in [0.25, 0.3) is 0 Å². The van der Waals surface area contributed by atoms with Crippen LogP contribution in [0.25, 0.3) is 22.3 Å². The van der Waals surface area contributed by atoms with Crippen LogP contribution in [0.2, 0.25) is 0 Å². The molecular formula is C26H29F. The number of unbranched alkanes of at least 4 members (excludes halogenated alkanes) is 2. The lowest BCUT2D eigenvalue weighted by Crippen LogP contribution is -1.89. The molecule has 1 heteroatoms. The normalized spacial score (nSPS) is 10.9.